The number of rotatable bonds is 9. The number of aromatic nitrogens is 2. The monoisotopic (exact) mass is 576 g/mol. The van der Waals surface area contributed by atoms with Gasteiger partial charge in [0.25, 0.3) is 0 Å². The van der Waals surface area contributed by atoms with Crippen molar-refractivity contribution in [1.29, 1.82) is 0 Å². The number of ketones is 1. The molecule has 2 atom stereocenters. The van der Waals surface area contributed by atoms with Gasteiger partial charge in [0.15, 0.2) is 5.78 Å². The Bertz CT molecular complexity index is 1570. The van der Waals surface area contributed by atoms with Gasteiger partial charge in [-0.05, 0) is 41.7 Å². The van der Waals surface area contributed by atoms with Gasteiger partial charge in [-0.3, -0.25) is 9.59 Å². The third-order valence-corrected chi connectivity index (χ3v) is 7.71. The van der Waals surface area contributed by atoms with Gasteiger partial charge in [-0.25, -0.2) is 9.48 Å². The molecular weight excluding hydrogens is 551 g/mol. The number of carbonyl (C=O) groups excluding carboxylic acids is 2. The number of aryl methyl sites for hydroxylation is 1. The van der Waals surface area contributed by atoms with E-state index in [1.54, 1.807) is 23.1 Å². The summed E-state index contributed by atoms with van der Waals surface area (Å²) in [5, 5.41) is 19.8. The van der Waals surface area contributed by atoms with Gasteiger partial charge in [0, 0.05) is 24.7 Å². The van der Waals surface area contributed by atoms with Crippen molar-refractivity contribution in [3.8, 4) is 16.8 Å². The number of fused-ring (bicyclic) bond motifs is 1. The van der Waals surface area contributed by atoms with Gasteiger partial charge >= 0.3 is 12.0 Å². The highest BCUT2D eigenvalue weighted by Crippen LogP contribution is 2.33. The second-order valence-corrected chi connectivity index (χ2v) is 10.4. The van der Waals surface area contributed by atoms with Crippen molar-refractivity contribution in [3.05, 3.63) is 106 Å². The molecule has 0 spiro atoms. The van der Waals surface area contributed by atoms with E-state index in [0.717, 1.165) is 29.5 Å². The van der Waals surface area contributed by atoms with E-state index in [9.17, 15) is 19.5 Å². The van der Waals surface area contributed by atoms with Crippen molar-refractivity contribution in [1.82, 2.24) is 20.4 Å². The SMILES string of the molecule is O=C(NCC(CC(=O)c1c(Cl)ccc(-n2cc(-c3ccccc3)cn2)c1Cl)C(=O)O)NC1CCc2ccccc21. The highest BCUT2D eigenvalue weighted by Gasteiger charge is 2.28. The first-order valence-electron chi connectivity index (χ1n) is 12.8. The van der Waals surface area contributed by atoms with Crippen LogP contribution in [0.2, 0.25) is 10.0 Å². The third kappa shape index (κ3) is 5.88. The second kappa shape index (κ2) is 11.9. The molecule has 3 aromatic carbocycles. The van der Waals surface area contributed by atoms with Crippen LogP contribution >= 0.6 is 23.2 Å². The number of carboxylic acids is 1. The highest BCUT2D eigenvalue weighted by atomic mass is 35.5. The van der Waals surface area contributed by atoms with E-state index >= 15 is 0 Å². The molecule has 2 unspecified atom stereocenters. The smallest absolute Gasteiger partial charge is 0.315 e. The molecule has 0 aliphatic heterocycles. The van der Waals surface area contributed by atoms with Crippen LogP contribution in [-0.2, 0) is 11.2 Å². The van der Waals surface area contributed by atoms with Crippen LogP contribution in [0.3, 0.4) is 0 Å². The van der Waals surface area contributed by atoms with Crippen molar-refractivity contribution in [2.45, 2.75) is 25.3 Å². The largest absolute Gasteiger partial charge is 0.481 e. The lowest BCUT2D eigenvalue weighted by atomic mass is 9.97. The molecule has 0 fully saturated rings. The summed E-state index contributed by atoms with van der Waals surface area (Å²) in [5.74, 6) is -2.95. The first-order chi connectivity index (χ1) is 19.3. The molecule has 3 N–H and O–H groups in total. The van der Waals surface area contributed by atoms with Crippen LogP contribution in [0.4, 0.5) is 4.79 Å². The number of nitrogens with zero attached hydrogens (tertiary/aromatic N) is 2. The fourth-order valence-corrected chi connectivity index (χ4v) is 5.58. The Labute approximate surface area is 240 Å². The Morgan fingerprint density at radius 3 is 2.52 bits per heavy atom. The molecule has 0 saturated heterocycles. The van der Waals surface area contributed by atoms with Gasteiger partial charge in [0.2, 0.25) is 0 Å². The molecule has 204 valence electrons. The van der Waals surface area contributed by atoms with Crippen LogP contribution in [-0.4, -0.2) is 39.2 Å². The summed E-state index contributed by atoms with van der Waals surface area (Å²) in [4.78, 5) is 37.8. The minimum atomic E-state index is -1.22. The zero-order valence-corrected chi connectivity index (χ0v) is 22.8. The molecule has 0 radical (unpaired) electrons. The fraction of sp³-hybridized carbons (Fsp3) is 0.200. The summed E-state index contributed by atoms with van der Waals surface area (Å²) in [5.41, 5.74) is 4.50. The van der Waals surface area contributed by atoms with Crippen molar-refractivity contribution in [2.24, 2.45) is 5.92 Å². The normalized spacial score (nSPS) is 14.8. The van der Waals surface area contributed by atoms with E-state index in [-0.39, 0.29) is 28.2 Å². The molecule has 0 bridgehead atoms. The number of amides is 2. The van der Waals surface area contributed by atoms with Crippen LogP contribution in [0.1, 0.15) is 40.4 Å². The first-order valence-corrected chi connectivity index (χ1v) is 13.5. The van der Waals surface area contributed by atoms with Gasteiger partial charge < -0.3 is 15.7 Å². The first kappa shape index (κ1) is 27.4. The maximum atomic E-state index is 13.3. The Hall–Kier alpha value is -4.14. The number of Topliss-reactive ketones (excluding diaryl/α,β-unsaturated/α-hetero) is 1. The average Bonchev–Trinajstić information content (AvgIpc) is 3.59. The minimum absolute atomic E-state index is 0.0101. The minimum Gasteiger partial charge on any atom is -0.481 e. The molecule has 2 amide bonds. The predicted molar refractivity (Wildman–Crippen MR) is 153 cm³/mol. The third-order valence-electron chi connectivity index (χ3n) is 7.01. The standard InChI is InChI=1S/C30H26Cl2N4O4/c31-23-11-13-25(36-17-21(16-34-36)18-6-2-1-3-7-18)28(32)27(23)26(37)14-20(29(38)39)15-33-30(40)35-24-12-10-19-8-4-5-9-22(19)24/h1-9,11,13,16-17,20,24H,10,12,14-15H2,(H,38,39)(H2,33,35,40). The van der Waals surface area contributed by atoms with Crippen molar-refractivity contribution in [2.75, 3.05) is 6.54 Å². The number of halogens is 2. The van der Waals surface area contributed by atoms with E-state index in [1.807, 2.05) is 54.6 Å². The topological polar surface area (TPSA) is 113 Å². The molecule has 1 aromatic heterocycles. The Kier molecular flexibility index (Phi) is 8.19. The highest BCUT2D eigenvalue weighted by molar-refractivity contribution is 6.41. The number of hydrogen-bond donors (Lipinski definition) is 3. The lowest BCUT2D eigenvalue weighted by Crippen LogP contribution is -2.41. The van der Waals surface area contributed by atoms with Crippen LogP contribution in [0.15, 0.2) is 79.1 Å². The van der Waals surface area contributed by atoms with Crippen LogP contribution in [0.25, 0.3) is 16.8 Å². The number of carboxylic acid groups (broad SMARTS) is 1. The predicted octanol–water partition coefficient (Wildman–Crippen LogP) is 6.11. The molecular formula is C30H26Cl2N4O4. The van der Waals surface area contributed by atoms with Crippen molar-refractivity contribution >= 4 is 41.0 Å². The maximum absolute atomic E-state index is 13.3. The summed E-state index contributed by atoms with van der Waals surface area (Å²) in [6.45, 7) is -0.240. The molecule has 10 heteroatoms. The molecule has 4 aromatic rings. The summed E-state index contributed by atoms with van der Waals surface area (Å²) in [6, 6.07) is 20.1. The maximum Gasteiger partial charge on any atom is 0.315 e. The Morgan fingerprint density at radius 2 is 1.75 bits per heavy atom. The van der Waals surface area contributed by atoms with Crippen LogP contribution in [0, 0.1) is 5.92 Å². The molecule has 1 aliphatic carbocycles. The summed E-state index contributed by atoms with van der Waals surface area (Å²) in [6.07, 6.45) is 4.69. The van der Waals surface area contributed by atoms with E-state index in [0.29, 0.717) is 5.69 Å². The molecule has 1 heterocycles. The van der Waals surface area contributed by atoms with E-state index in [4.69, 9.17) is 23.2 Å². The van der Waals surface area contributed by atoms with Gasteiger partial charge in [-0.2, -0.15) is 5.10 Å². The number of benzene rings is 3. The lowest BCUT2D eigenvalue weighted by molar-refractivity contribution is -0.141. The molecule has 1 aliphatic rings. The molecule has 5 rings (SSSR count). The number of nitrogens with one attached hydrogen (secondary N) is 2. The molecule has 40 heavy (non-hydrogen) atoms. The van der Waals surface area contributed by atoms with Crippen molar-refractivity contribution in [3.63, 3.8) is 0 Å². The number of hydrogen-bond acceptors (Lipinski definition) is 4. The van der Waals surface area contributed by atoms with E-state index < -0.39 is 30.1 Å². The van der Waals surface area contributed by atoms with Gasteiger partial charge in [0.1, 0.15) is 0 Å². The fourth-order valence-electron chi connectivity index (χ4n) is 4.91. The lowest BCUT2D eigenvalue weighted by Gasteiger charge is -2.18. The number of aliphatic carboxylic acids is 1. The summed E-state index contributed by atoms with van der Waals surface area (Å²) < 4.78 is 1.54. The Morgan fingerprint density at radius 1 is 1.00 bits per heavy atom. The van der Waals surface area contributed by atoms with Gasteiger partial charge in [-0.1, -0.05) is 77.8 Å². The summed E-state index contributed by atoms with van der Waals surface area (Å²) >= 11 is 13.0. The van der Waals surface area contributed by atoms with Crippen LogP contribution in [0.5, 0.6) is 0 Å². The quantitative estimate of drug-likeness (QED) is 0.208. The Balaban J connectivity index is 1.27. The zero-order chi connectivity index (χ0) is 28.2. The molecule has 0 saturated carbocycles. The van der Waals surface area contributed by atoms with E-state index in [1.165, 1.54) is 11.6 Å². The van der Waals surface area contributed by atoms with E-state index in [2.05, 4.69) is 15.7 Å². The van der Waals surface area contributed by atoms with Crippen LogP contribution < -0.4 is 10.6 Å². The average molecular weight is 577 g/mol. The molecule has 8 nitrogen and oxygen atoms in total. The summed E-state index contributed by atoms with van der Waals surface area (Å²) in [7, 11) is 0. The second-order valence-electron chi connectivity index (χ2n) is 9.60. The van der Waals surface area contributed by atoms with Gasteiger partial charge in [0.05, 0.1) is 39.5 Å². The number of urea groups is 1. The van der Waals surface area contributed by atoms with Crippen molar-refractivity contribution < 1.29 is 19.5 Å². The number of carbonyl (C=O) groups is 3. The zero-order valence-electron chi connectivity index (χ0n) is 21.3. The van der Waals surface area contributed by atoms with Gasteiger partial charge in [-0.15, -0.1) is 0 Å².